The number of ether oxygens (including phenoxy) is 1. The molecule has 0 aromatic heterocycles. The fourth-order valence-corrected chi connectivity index (χ4v) is 2.71. The van der Waals surface area contributed by atoms with E-state index in [1.807, 2.05) is 18.7 Å². The molecule has 2 N–H and O–H groups in total. The summed E-state index contributed by atoms with van der Waals surface area (Å²) in [5, 5.41) is 0. The molecule has 0 aromatic rings. The lowest BCUT2D eigenvalue weighted by molar-refractivity contribution is -0.133. The third-order valence-corrected chi connectivity index (χ3v) is 3.93. The lowest BCUT2D eigenvalue weighted by Gasteiger charge is -2.38. The number of rotatable bonds is 7. The van der Waals surface area contributed by atoms with Crippen molar-refractivity contribution in [1.29, 1.82) is 0 Å². The van der Waals surface area contributed by atoms with E-state index in [2.05, 4.69) is 11.5 Å². The number of hydrogen-bond donors (Lipinski definition) is 1. The first kappa shape index (κ1) is 17.1. The van der Waals surface area contributed by atoms with Crippen LogP contribution >= 0.6 is 0 Å². The number of methoxy groups -OCH3 is 1. The molecule has 0 spiro atoms. The van der Waals surface area contributed by atoms with Gasteiger partial charge in [-0.2, -0.15) is 0 Å². The van der Waals surface area contributed by atoms with E-state index in [-0.39, 0.29) is 18.1 Å². The minimum absolute atomic E-state index is 0.157. The molecule has 1 amide bonds. The normalized spacial score (nSPS) is 23.6. The molecule has 1 fully saturated rings. The third kappa shape index (κ3) is 4.89. The van der Waals surface area contributed by atoms with Gasteiger partial charge in [-0.25, -0.2) is 0 Å². The molecule has 1 rings (SSSR count). The lowest BCUT2D eigenvalue weighted by atomic mass is 9.99. The summed E-state index contributed by atoms with van der Waals surface area (Å²) in [6, 6.07) is 0.237. The van der Waals surface area contributed by atoms with Crippen LogP contribution in [0.15, 0.2) is 12.2 Å². The minimum Gasteiger partial charge on any atom is -0.381 e. The molecule has 1 saturated heterocycles. The topological polar surface area (TPSA) is 58.8 Å². The van der Waals surface area contributed by atoms with Gasteiger partial charge in [0.1, 0.15) is 0 Å². The Morgan fingerprint density at radius 2 is 2.25 bits per heavy atom. The van der Waals surface area contributed by atoms with E-state index in [0.717, 1.165) is 25.0 Å². The number of nitrogens with two attached hydrogens (primary N) is 1. The van der Waals surface area contributed by atoms with E-state index in [1.165, 1.54) is 0 Å². The summed E-state index contributed by atoms with van der Waals surface area (Å²) in [6.07, 6.45) is 2.15. The van der Waals surface area contributed by atoms with Crippen molar-refractivity contribution < 1.29 is 9.53 Å². The average molecular weight is 283 g/mol. The Bertz CT molecular complexity index is 333. The third-order valence-electron chi connectivity index (χ3n) is 3.93. The summed E-state index contributed by atoms with van der Waals surface area (Å²) in [6.45, 7) is 11.1. The van der Waals surface area contributed by atoms with Crippen LogP contribution < -0.4 is 5.73 Å². The van der Waals surface area contributed by atoms with Gasteiger partial charge in [-0.05, 0) is 26.7 Å². The Kier molecular flexibility index (Phi) is 7.19. The summed E-state index contributed by atoms with van der Waals surface area (Å²) < 4.78 is 5.41. The number of hydrogen-bond acceptors (Lipinski definition) is 4. The smallest absolute Gasteiger partial charge is 0.237 e. The monoisotopic (exact) mass is 283 g/mol. The van der Waals surface area contributed by atoms with Crippen molar-refractivity contribution in [2.24, 2.45) is 5.73 Å². The molecule has 2 unspecified atom stereocenters. The van der Waals surface area contributed by atoms with Gasteiger partial charge in [0.2, 0.25) is 5.91 Å². The zero-order valence-electron chi connectivity index (χ0n) is 13.1. The SMILES string of the molecule is C=C(C)CN(CC)C(=O)CN1CCC(OC)CC1CN. The molecule has 0 aromatic carbocycles. The highest BCUT2D eigenvalue weighted by molar-refractivity contribution is 5.78. The molecule has 20 heavy (non-hydrogen) atoms. The van der Waals surface area contributed by atoms with Crippen molar-refractivity contribution in [2.75, 3.05) is 39.8 Å². The molecule has 0 saturated carbocycles. The number of nitrogens with zero attached hydrogens (tertiary/aromatic N) is 2. The van der Waals surface area contributed by atoms with Crippen LogP contribution in [0.3, 0.4) is 0 Å². The maximum absolute atomic E-state index is 12.4. The van der Waals surface area contributed by atoms with E-state index >= 15 is 0 Å². The molecule has 0 radical (unpaired) electrons. The molecule has 116 valence electrons. The summed E-state index contributed by atoms with van der Waals surface area (Å²) in [7, 11) is 1.74. The van der Waals surface area contributed by atoms with Gasteiger partial charge in [0.05, 0.1) is 12.6 Å². The largest absolute Gasteiger partial charge is 0.381 e. The standard InChI is InChI=1S/C15H29N3O2/c1-5-17(10-12(2)3)15(19)11-18-7-6-14(20-4)8-13(18)9-16/h13-14H,2,5-11,16H2,1,3-4H3. The van der Waals surface area contributed by atoms with Gasteiger partial charge in [0.25, 0.3) is 0 Å². The number of likely N-dealkylation sites (tertiary alicyclic amines) is 1. The number of likely N-dealkylation sites (N-methyl/N-ethyl adjacent to an activating group) is 1. The number of carbonyl (C=O) groups excluding carboxylic acids is 1. The van der Waals surface area contributed by atoms with Gasteiger partial charge in [-0.3, -0.25) is 9.69 Å². The summed E-state index contributed by atoms with van der Waals surface area (Å²) in [5.41, 5.74) is 6.85. The number of amides is 1. The molecule has 5 nitrogen and oxygen atoms in total. The maximum atomic E-state index is 12.4. The first-order valence-corrected chi connectivity index (χ1v) is 7.40. The summed E-state index contributed by atoms with van der Waals surface area (Å²) in [5.74, 6) is 0.157. The highest BCUT2D eigenvalue weighted by Gasteiger charge is 2.29. The Morgan fingerprint density at radius 1 is 1.55 bits per heavy atom. The Hall–Kier alpha value is -0.910. The molecule has 0 aliphatic carbocycles. The zero-order chi connectivity index (χ0) is 15.1. The van der Waals surface area contributed by atoms with Crippen molar-refractivity contribution >= 4 is 5.91 Å². The molecule has 0 bridgehead atoms. The lowest BCUT2D eigenvalue weighted by Crippen LogP contribution is -2.52. The van der Waals surface area contributed by atoms with Gasteiger partial charge in [0.15, 0.2) is 0 Å². The number of carbonyl (C=O) groups is 1. The van der Waals surface area contributed by atoms with Gasteiger partial charge in [0, 0.05) is 39.3 Å². The second kappa shape index (κ2) is 8.39. The van der Waals surface area contributed by atoms with E-state index in [9.17, 15) is 4.79 Å². The van der Waals surface area contributed by atoms with Gasteiger partial charge >= 0.3 is 0 Å². The van der Waals surface area contributed by atoms with Crippen molar-refractivity contribution in [1.82, 2.24) is 9.80 Å². The number of piperidine rings is 1. The van der Waals surface area contributed by atoms with Gasteiger partial charge < -0.3 is 15.4 Å². The molecule has 5 heteroatoms. The van der Waals surface area contributed by atoms with Crippen LogP contribution in [0.5, 0.6) is 0 Å². The molecule has 2 atom stereocenters. The van der Waals surface area contributed by atoms with Crippen LogP contribution in [-0.4, -0.2) is 67.7 Å². The van der Waals surface area contributed by atoms with Crippen molar-refractivity contribution in [2.45, 2.75) is 38.8 Å². The Balaban J connectivity index is 2.57. The zero-order valence-corrected chi connectivity index (χ0v) is 13.1. The van der Waals surface area contributed by atoms with Crippen LogP contribution in [0.25, 0.3) is 0 Å². The van der Waals surface area contributed by atoms with Crippen LogP contribution in [-0.2, 0) is 9.53 Å². The van der Waals surface area contributed by atoms with Crippen LogP contribution in [0.2, 0.25) is 0 Å². The van der Waals surface area contributed by atoms with Crippen molar-refractivity contribution in [3.8, 4) is 0 Å². The highest BCUT2D eigenvalue weighted by atomic mass is 16.5. The second-order valence-corrected chi connectivity index (χ2v) is 5.61. The van der Waals surface area contributed by atoms with Gasteiger partial charge in [-0.1, -0.05) is 12.2 Å². The Morgan fingerprint density at radius 3 is 2.75 bits per heavy atom. The fraction of sp³-hybridized carbons (Fsp3) is 0.800. The quantitative estimate of drug-likeness (QED) is 0.704. The van der Waals surface area contributed by atoms with E-state index in [4.69, 9.17) is 10.5 Å². The predicted octanol–water partition coefficient (Wildman–Crippen LogP) is 0.849. The first-order valence-electron chi connectivity index (χ1n) is 7.40. The van der Waals surface area contributed by atoms with E-state index < -0.39 is 0 Å². The second-order valence-electron chi connectivity index (χ2n) is 5.61. The first-order chi connectivity index (χ1) is 9.51. The Labute approximate surface area is 122 Å². The fourth-order valence-electron chi connectivity index (χ4n) is 2.71. The molecule has 1 aliphatic heterocycles. The van der Waals surface area contributed by atoms with E-state index in [1.54, 1.807) is 7.11 Å². The van der Waals surface area contributed by atoms with Crippen LogP contribution in [0, 0.1) is 0 Å². The van der Waals surface area contributed by atoms with Crippen molar-refractivity contribution in [3.05, 3.63) is 12.2 Å². The molecule has 1 heterocycles. The van der Waals surface area contributed by atoms with Crippen LogP contribution in [0.1, 0.15) is 26.7 Å². The van der Waals surface area contributed by atoms with Gasteiger partial charge in [-0.15, -0.1) is 0 Å². The van der Waals surface area contributed by atoms with Crippen molar-refractivity contribution in [3.63, 3.8) is 0 Å². The maximum Gasteiger partial charge on any atom is 0.237 e. The highest BCUT2D eigenvalue weighted by Crippen LogP contribution is 2.19. The molecular formula is C15H29N3O2. The summed E-state index contributed by atoms with van der Waals surface area (Å²) >= 11 is 0. The predicted molar refractivity (Wildman–Crippen MR) is 81.5 cm³/mol. The average Bonchev–Trinajstić information content (AvgIpc) is 2.44. The minimum atomic E-state index is 0.157. The van der Waals surface area contributed by atoms with E-state index in [0.29, 0.717) is 26.2 Å². The summed E-state index contributed by atoms with van der Waals surface area (Å²) in [4.78, 5) is 16.4. The van der Waals surface area contributed by atoms with Crippen LogP contribution in [0.4, 0.5) is 0 Å². The molecule has 1 aliphatic rings. The molecular weight excluding hydrogens is 254 g/mol.